The molecule has 0 saturated carbocycles. The standard InChI is InChI=1S/C29H38N4O6S/c34-27(12-9-21-13-16-30-17-14-21)31-18-15-28(35)32-20-26(33-40(37,38)25-7-2-1-3-8-25)29(36)39-24-11-10-22-5-4-6-23(22)19-24/h1-3,7-8,10-11,19,21,26,30,33H,4-6,9,12-18,20H2,(H,31,34)(H,32,35)/t26-/m0/s1. The van der Waals surface area contributed by atoms with Crippen molar-refractivity contribution in [1.29, 1.82) is 0 Å². The summed E-state index contributed by atoms with van der Waals surface area (Å²) >= 11 is 0. The van der Waals surface area contributed by atoms with E-state index >= 15 is 0 Å². The highest BCUT2D eigenvalue weighted by Crippen LogP contribution is 2.26. The van der Waals surface area contributed by atoms with E-state index in [1.165, 1.54) is 17.7 Å². The van der Waals surface area contributed by atoms with Crippen molar-refractivity contribution in [3.63, 3.8) is 0 Å². The van der Waals surface area contributed by atoms with Gasteiger partial charge in [0.1, 0.15) is 11.8 Å². The molecule has 0 aromatic heterocycles. The lowest BCUT2D eigenvalue weighted by Gasteiger charge is -2.22. The van der Waals surface area contributed by atoms with E-state index in [2.05, 4.69) is 20.7 Å². The molecule has 10 nitrogen and oxygen atoms in total. The molecule has 4 N–H and O–H groups in total. The summed E-state index contributed by atoms with van der Waals surface area (Å²) in [5.74, 6) is -0.480. The van der Waals surface area contributed by atoms with Crippen molar-refractivity contribution in [3.05, 3.63) is 59.7 Å². The van der Waals surface area contributed by atoms with E-state index in [9.17, 15) is 22.8 Å². The average Bonchev–Trinajstić information content (AvgIpc) is 3.43. The summed E-state index contributed by atoms with van der Waals surface area (Å²) in [7, 11) is -4.06. The van der Waals surface area contributed by atoms with Crippen molar-refractivity contribution in [1.82, 2.24) is 20.7 Å². The van der Waals surface area contributed by atoms with Crippen LogP contribution in [0.25, 0.3) is 0 Å². The van der Waals surface area contributed by atoms with Crippen molar-refractivity contribution in [3.8, 4) is 5.75 Å². The third-order valence-electron chi connectivity index (χ3n) is 7.34. The van der Waals surface area contributed by atoms with E-state index in [0.717, 1.165) is 57.2 Å². The predicted octanol–water partition coefficient (Wildman–Crippen LogP) is 1.83. The summed E-state index contributed by atoms with van der Waals surface area (Å²) in [6, 6.07) is 11.7. The van der Waals surface area contributed by atoms with Crippen LogP contribution < -0.4 is 25.4 Å². The second-order valence-corrected chi connectivity index (χ2v) is 12.0. The molecule has 40 heavy (non-hydrogen) atoms. The average molecular weight is 571 g/mol. The first-order valence-electron chi connectivity index (χ1n) is 13.9. The van der Waals surface area contributed by atoms with Crippen LogP contribution in [0.15, 0.2) is 53.4 Å². The molecule has 1 fully saturated rings. The van der Waals surface area contributed by atoms with E-state index in [4.69, 9.17) is 4.74 Å². The number of esters is 1. The van der Waals surface area contributed by atoms with E-state index < -0.39 is 27.9 Å². The Morgan fingerprint density at radius 2 is 1.65 bits per heavy atom. The SMILES string of the molecule is O=C(CCC1CCNCC1)NCCC(=O)NC[C@H](NS(=O)(=O)c1ccccc1)C(=O)Oc1ccc2c(c1)CCC2. The minimum absolute atomic E-state index is 0.00286. The Morgan fingerprint density at radius 1 is 0.925 bits per heavy atom. The topological polar surface area (TPSA) is 143 Å². The number of aryl methyl sites for hydroxylation is 2. The van der Waals surface area contributed by atoms with E-state index in [1.807, 2.05) is 6.07 Å². The van der Waals surface area contributed by atoms with E-state index in [1.54, 1.807) is 30.3 Å². The van der Waals surface area contributed by atoms with Gasteiger partial charge in [-0.1, -0.05) is 24.3 Å². The molecule has 2 amide bonds. The van der Waals surface area contributed by atoms with Gasteiger partial charge in [-0.3, -0.25) is 9.59 Å². The molecule has 0 unspecified atom stereocenters. The van der Waals surface area contributed by atoms with Crippen LogP contribution in [-0.2, 0) is 37.2 Å². The largest absolute Gasteiger partial charge is 0.425 e. The minimum Gasteiger partial charge on any atom is -0.425 e. The normalized spacial score (nSPS) is 16.1. The molecule has 1 atom stereocenters. The van der Waals surface area contributed by atoms with Crippen LogP contribution in [0.2, 0.25) is 0 Å². The maximum atomic E-state index is 13.1. The van der Waals surface area contributed by atoms with Crippen LogP contribution in [0.5, 0.6) is 5.75 Å². The zero-order chi connectivity index (χ0) is 28.4. The number of carbonyl (C=O) groups excluding carboxylic acids is 3. The van der Waals surface area contributed by atoms with Gasteiger partial charge in [0.2, 0.25) is 21.8 Å². The quantitative estimate of drug-likeness (QED) is 0.213. The summed E-state index contributed by atoms with van der Waals surface area (Å²) in [6.07, 6.45) is 6.30. The molecule has 0 spiro atoms. The summed E-state index contributed by atoms with van der Waals surface area (Å²) < 4.78 is 33.8. The van der Waals surface area contributed by atoms with E-state index in [-0.39, 0.29) is 30.3 Å². The summed E-state index contributed by atoms with van der Waals surface area (Å²) in [6.45, 7) is 1.81. The number of fused-ring (bicyclic) bond motifs is 1. The number of nitrogens with one attached hydrogen (secondary N) is 4. The van der Waals surface area contributed by atoms with Crippen molar-refractivity contribution in [2.24, 2.45) is 5.92 Å². The van der Waals surface area contributed by atoms with Gasteiger partial charge in [-0.15, -0.1) is 0 Å². The Kier molecular flexibility index (Phi) is 10.7. The molecule has 4 rings (SSSR count). The molecule has 2 aliphatic rings. The lowest BCUT2D eigenvalue weighted by atomic mass is 9.93. The van der Waals surface area contributed by atoms with Crippen LogP contribution in [0.4, 0.5) is 0 Å². The first-order chi connectivity index (χ1) is 19.3. The number of sulfonamides is 1. The number of benzene rings is 2. The van der Waals surface area contributed by atoms with Crippen molar-refractivity contribution < 1.29 is 27.5 Å². The molecule has 11 heteroatoms. The minimum atomic E-state index is -4.06. The van der Waals surface area contributed by atoms with Gasteiger partial charge in [0.15, 0.2) is 0 Å². The third kappa shape index (κ3) is 8.87. The van der Waals surface area contributed by atoms with Gasteiger partial charge in [0.25, 0.3) is 0 Å². The molecule has 0 bridgehead atoms. The van der Waals surface area contributed by atoms with E-state index in [0.29, 0.717) is 18.1 Å². The predicted molar refractivity (Wildman–Crippen MR) is 150 cm³/mol. The van der Waals surface area contributed by atoms with Crippen LogP contribution in [0.1, 0.15) is 49.7 Å². The molecule has 1 aliphatic carbocycles. The highest BCUT2D eigenvalue weighted by Gasteiger charge is 2.28. The molecule has 0 radical (unpaired) electrons. The molecular formula is C29H38N4O6S. The number of ether oxygens (including phenoxy) is 1. The fourth-order valence-electron chi connectivity index (χ4n) is 5.04. The molecule has 1 aliphatic heterocycles. The number of hydrogen-bond acceptors (Lipinski definition) is 7. The smallest absolute Gasteiger partial charge is 0.331 e. The van der Waals surface area contributed by atoms with Gasteiger partial charge < -0.3 is 20.7 Å². The Morgan fingerprint density at radius 3 is 2.42 bits per heavy atom. The van der Waals surface area contributed by atoms with Gasteiger partial charge in [0, 0.05) is 25.9 Å². The van der Waals surface area contributed by atoms with Gasteiger partial charge in [-0.25, -0.2) is 13.2 Å². The molecule has 1 heterocycles. The maximum Gasteiger partial charge on any atom is 0.331 e. The fraction of sp³-hybridized carbons (Fsp3) is 0.483. The second-order valence-electron chi connectivity index (χ2n) is 10.3. The maximum absolute atomic E-state index is 13.1. The van der Waals surface area contributed by atoms with Gasteiger partial charge >= 0.3 is 5.97 Å². The Balaban J connectivity index is 1.30. The Hall–Kier alpha value is -3.28. The number of rotatable bonds is 13. The zero-order valence-electron chi connectivity index (χ0n) is 22.6. The molecular weight excluding hydrogens is 532 g/mol. The summed E-state index contributed by atoms with van der Waals surface area (Å²) in [5, 5.41) is 8.66. The first kappa shape index (κ1) is 29.7. The van der Waals surface area contributed by atoms with Gasteiger partial charge in [-0.2, -0.15) is 4.72 Å². The lowest BCUT2D eigenvalue weighted by molar-refractivity contribution is -0.136. The third-order valence-corrected chi connectivity index (χ3v) is 8.83. The number of hydrogen-bond donors (Lipinski definition) is 4. The van der Waals surface area contributed by atoms with Crippen molar-refractivity contribution in [2.45, 2.75) is 62.3 Å². The monoisotopic (exact) mass is 570 g/mol. The van der Waals surface area contributed by atoms with Crippen molar-refractivity contribution >= 4 is 27.8 Å². The Labute approximate surface area is 235 Å². The Bertz CT molecular complexity index is 1280. The van der Waals surface area contributed by atoms with Crippen LogP contribution in [-0.4, -0.2) is 58.4 Å². The van der Waals surface area contributed by atoms with Gasteiger partial charge in [0.05, 0.1) is 4.90 Å². The second kappa shape index (κ2) is 14.4. The van der Waals surface area contributed by atoms with Crippen LogP contribution in [0.3, 0.4) is 0 Å². The zero-order valence-corrected chi connectivity index (χ0v) is 23.4. The highest BCUT2D eigenvalue weighted by molar-refractivity contribution is 7.89. The number of amides is 2. The van der Waals surface area contributed by atoms with Crippen LogP contribution in [0, 0.1) is 5.92 Å². The van der Waals surface area contributed by atoms with Gasteiger partial charge in [-0.05, 0) is 92.9 Å². The molecule has 2 aromatic rings. The molecule has 216 valence electrons. The fourth-order valence-corrected chi connectivity index (χ4v) is 6.25. The molecule has 2 aromatic carbocycles. The lowest BCUT2D eigenvalue weighted by Crippen LogP contribution is -2.50. The first-order valence-corrected chi connectivity index (χ1v) is 15.4. The summed E-state index contributed by atoms with van der Waals surface area (Å²) in [4.78, 5) is 37.7. The van der Waals surface area contributed by atoms with Crippen molar-refractivity contribution in [2.75, 3.05) is 26.2 Å². The summed E-state index contributed by atoms with van der Waals surface area (Å²) in [5.41, 5.74) is 2.32. The number of piperidine rings is 1. The van der Waals surface area contributed by atoms with Crippen LogP contribution >= 0.6 is 0 Å². The number of carbonyl (C=O) groups is 3. The highest BCUT2D eigenvalue weighted by atomic mass is 32.2. The molecule has 1 saturated heterocycles.